The van der Waals surface area contributed by atoms with Crippen LogP contribution in [0.3, 0.4) is 0 Å². The molecule has 156 valence electrons. The molecular formula is C18H25Cl2N3O4S. The van der Waals surface area contributed by atoms with E-state index >= 15 is 0 Å². The molecule has 2 aliphatic rings. The largest absolute Gasteiger partial charge is 0.379 e. The molecule has 1 aliphatic carbocycles. The normalized spacial score (nSPS) is 19.6. The summed E-state index contributed by atoms with van der Waals surface area (Å²) in [5.74, 6) is -0.420. The van der Waals surface area contributed by atoms with Crippen molar-refractivity contribution in [3.8, 4) is 0 Å². The second-order valence-electron chi connectivity index (χ2n) is 7.23. The van der Waals surface area contributed by atoms with E-state index in [0.717, 1.165) is 0 Å². The van der Waals surface area contributed by atoms with E-state index in [1.165, 1.54) is 29.3 Å². The Morgan fingerprint density at radius 1 is 1.29 bits per heavy atom. The molecule has 3 rings (SSSR count). The lowest BCUT2D eigenvalue weighted by Gasteiger charge is -2.27. The predicted molar refractivity (Wildman–Crippen MR) is 109 cm³/mol. The number of likely N-dealkylation sites (N-methyl/N-ethyl adjacent to an activating group) is 1. The molecule has 1 aromatic carbocycles. The van der Waals surface area contributed by atoms with Crippen LogP contribution >= 0.6 is 23.2 Å². The number of hydrogen-bond acceptors (Lipinski definition) is 5. The van der Waals surface area contributed by atoms with Crippen LogP contribution in [0.25, 0.3) is 0 Å². The molecular weight excluding hydrogens is 425 g/mol. The standard InChI is InChI=1S/C18H25Cl2N3O4S/c1-12(22(2)13-3-4-13)11-21-18(24)14-9-17(16(20)10-15(14)19)28(25,26)23-5-7-27-8-6-23/h9-10,12-13H,3-8,11H2,1-2H3,(H,21,24). The average Bonchev–Trinajstić information content (AvgIpc) is 3.51. The van der Waals surface area contributed by atoms with E-state index in [1.807, 2.05) is 14.0 Å². The molecule has 10 heteroatoms. The molecule has 1 saturated heterocycles. The van der Waals surface area contributed by atoms with Gasteiger partial charge in [-0.2, -0.15) is 4.31 Å². The lowest BCUT2D eigenvalue weighted by molar-refractivity contribution is 0.0730. The van der Waals surface area contributed by atoms with Gasteiger partial charge in [0.1, 0.15) is 4.90 Å². The molecule has 1 atom stereocenters. The Kier molecular flexibility index (Phi) is 6.89. The molecule has 1 N–H and O–H groups in total. The SMILES string of the molecule is CC(CNC(=O)c1cc(S(=O)(=O)N2CCOCC2)c(Cl)cc1Cl)N(C)C1CC1. The van der Waals surface area contributed by atoms with Gasteiger partial charge in [-0.05, 0) is 38.9 Å². The summed E-state index contributed by atoms with van der Waals surface area (Å²) >= 11 is 12.3. The quantitative estimate of drug-likeness (QED) is 0.690. The molecule has 1 amide bonds. The third-order valence-corrected chi connectivity index (χ3v) is 7.91. The second-order valence-corrected chi connectivity index (χ2v) is 9.96. The van der Waals surface area contributed by atoms with Gasteiger partial charge < -0.3 is 10.1 Å². The van der Waals surface area contributed by atoms with Gasteiger partial charge in [0.05, 0.1) is 28.8 Å². The molecule has 0 radical (unpaired) electrons. The monoisotopic (exact) mass is 449 g/mol. The minimum Gasteiger partial charge on any atom is -0.379 e. The van der Waals surface area contributed by atoms with Gasteiger partial charge in [0.2, 0.25) is 10.0 Å². The first-order valence-electron chi connectivity index (χ1n) is 9.29. The Hall–Kier alpha value is -0.900. The maximum Gasteiger partial charge on any atom is 0.252 e. The first-order chi connectivity index (χ1) is 13.2. The highest BCUT2D eigenvalue weighted by Gasteiger charge is 2.31. The molecule has 2 fully saturated rings. The van der Waals surface area contributed by atoms with Crippen molar-refractivity contribution < 1.29 is 17.9 Å². The summed E-state index contributed by atoms with van der Waals surface area (Å²) in [7, 11) is -1.80. The van der Waals surface area contributed by atoms with Crippen LogP contribution in [-0.2, 0) is 14.8 Å². The fourth-order valence-corrected chi connectivity index (χ4v) is 5.39. The number of amides is 1. The highest BCUT2D eigenvalue weighted by Crippen LogP contribution is 2.31. The minimum atomic E-state index is -3.84. The number of sulfonamides is 1. The number of hydrogen-bond donors (Lipinski definition) is 1. The summed E-state index contributed by atoms with van der Waals surface area (Å²) in [5, 5.41) is 2.96. The molecule has 0 aromatic heterocycles. The van der Waals surface area contributed by atoms with Gasteiger partial charge in [-0.1, -0.05) is 23.2 Å². The number of carbonyl (C=O) groups is 1. The zero-order valence-electron chi connectivity index (χ0n) is 16.0. The summed E-state index contributed by atoms with van der Waals surface area (Å²) in [4.78, 5) is 14.8. The van der Waals surface area contributed by atoms with Crippen molar-refractivity contribution in [2.45, 2.75) is 36.7 Å². The third kappa shape index (κ3) is 4.80. The number of morpholine rings is 1. The van der Waals surface area contributed by atoms with Gasteiger partial charge in [-0.3, -0.25) is 9.69 Å². The maximum atomic E-state index is 12.9. The molecule has 1 aromatic rings. The van der Waals surface area contributed by atoms with Crippen LogP contribution < -0.4 is 5.32 Å². The lowest BCUT2D eigenvalue weighted by atomic mass is 10.2. The fourth-order valence-electron chi connectivity index (χ4n) is 3.15. The summed E-state index contributed by atoms with van der Waals surface area (Å²) in [6.45, 7) is 3.61. The smallest absolute Gasteiger partial charge is 0.252 e. The summed E-state index contributed by atoms with van der Waals surface area (Å²) in [6.07, 6.45) is 2.36. The summed E-state index contributed by atoms with van der Waals surface area (Å²) < 4.78 is 32.4. The van der Waals surface area contributed by atoms with Crippen molar-refractivity contribution in [3.05, 3.63) is 27.7 Å². The second kappa shape index (κ2) is 8.85. The lowest BCUT2D eigenvalue weighted by Crippen LogP contribution is -2.41. The molecule has 0 bridgehead atoms. The van der Waals surface area contributed by atoms with E-state index in [-0.39, 0.29) is 39.6 Å². The van der Waals surface area contributed by atoms with Gasteiger partial charge >= 0.3 is 0 Å². The number of nitrogens with one attached hydrogen (secondary N) is 1. The van der Waals surface area contributed by atoms with Crippen molar-refractivity contribution in [1.29, 1.82) is 0 Å². The third-order valence-electron chi connectivity index (χ3n) is 5.23. The molecule has 1 saturated carbocycles. The number of halogens is 2. The van der Waals surface area contributed by atoms with E-state index in [1.54, 1.807) is 0 Å². The maximum absolute atomic E-state index is 12.9. The molecule has 0 spiro atoms. The Balaban J connectivity index is 1.77. The minimum absolute atomic E-state index is 0.00474. The van der Waals surface area contributed by atoms with Gasteiger partial charge in [0, 0.05) is 31.7 Å². The zero-order chi connectivity index (χ0) is 20.5. The summed E-state index contributed by atoms with van der Waals surface area (Å²) in [5.41, 5.74) is 0.0965. The topological polar surface area (TPSA) is 79.0 Å². The highest BCUT2D eigenvalue weighted by molar-refractivity contribution is 7.89. The van der Waals surface area contributed by atoms with Crippen LogP contribution in [0.15, 0.2) is 17.0 Å². The average molecular weight is 450 g/mol. The van der Waals surface area contributed by atoms with Crippen LogP contribution in [0.4, 0.5) is 0 Å². The van der Waals surface area contributed by atoms with Crippen LogP contribution in [0.1, 0.15) is 30.1 Å². The number of nitrogens with zero attached hydrogens (tertiary/aromatic N) is 2. The predicted octanol–water partition coefficient (Wildman–Crippen LogP) is 2.23. The highest BCUT2D eigenvalue weighted by atomic mass is 35.5. The first kappa shape index (κ1) is 21.8. The van der Waals surface area contributed by atoms with Crippen molar-refractivity contribution in [2.24, 2.45) is 0 Å². The Labute approximate surface area is 176 Å². The molecule has 1 unspecified atom stereocenters. The van der Waals surface area contributed by atoms with Crippen molar-refractivity contribution in [2.75, 3.05) is 39.9 Å². The number of carbonyl (C=O) groups excluding carboxylic acids is 1. The van der Waals surface area contributed by atoms with Crippen LogP contribution in [0.2, 0.25) is 10.0 Å². The van der Waals surface area contributed by atoms with Crippen LogP contribution in [0, 0.1) is 0 Å². The Bertz CT molecular complexity index is 839. The van der Waals surface area contributed by atoms with Crippen molar-refractivity contribution >= 4 is 39.1 Å². The molecule has 7 nitrogen and oxygen atoms in total. The van der Waals surface area contributed by atoms with Gasteiger partial charge in [-0.25, -0.2) is 8.42 Å². The van der Waals surface area contributed by atoms with E-state index in [9.17, 15) is 13.2 Å². The van der Waals surface area contributed by atoms with E-state index in [2.05, 4.69) is 10.2 Å². The molecule has 28 heavy (non-hydrogen) atoms. The first-order valence-corrected chi connectivity index (χ1v) is 11.5. The van der Waals surface area contributed by atoms with Crippen LogP contribution in [-0.4, -0.2) is 75.5 Å². The Morgan fingerprint density at radius 2 is 1.93 bits per heavy atom. The van der Waals surface area contributed by atoms with Gasteiger partial charge in [0.15, 0.2) is 0 Å². The van der Waals surface area contributed by atoms with Gasteiger partial charge in [0.25, 0.3) is 5.91 Å². The van der Waals surface area contributed by atoms with E-state index in [0.29, 0.717) is 25.8 Å². The summed E-state index contributed by atoms with van der Waals surface area (Å²) in [6, 6.07) is 3.32. The zero-order valence-corrected chi connectivity index (χ0v) is 18.3. The van der Waals surface area contributed by atoms with E-state index < -0.39 is 15.9 Å². The number of benzene rings is 1. The Morgan fingerprint density at radius 3 is 2.54 bits per heavy atom. The number of rotatable bonds is 7. The van der Waals surface area contributed by atoms with Crippen molar-refractivity contribution in [3.63, 3.8) is 0 Å². The van der Waals surface area contributed by atoms with Crippen molar-refractivity contribution in [1.82, 2.24) is 14.5 Å². The van der Waals surface area contributed by atoms with Crippen LogP contribution in [0.5, 0.6) is 0 Å². The number of ether oxygens (including phenoxy) is 1. The molecule has 1 heterocycles. The van der Waals surface area contributed by atoms with E-state index in [4.69, 9.17) is 27.9 Å². The van der Waals surface area contributed by atoms with Gasteiger partial charge in [-0.15, -0.1) is 0 Å². The molecule has 1 aliphatic heterocycles. The fraction of sp³-hybridized carbons (Fsp3) is 0.611.